The highest BCUT2D eigenvalue weighted by molar-refractivity contribution is 6.44. The van der Waals surface area contributed by atoms with Gasteiger partial charge in [0.25, 0.3) is 5.91 Å². The smallest absolute Gasteiger partial charge is 0.291 e. The molecule has 0 saturated carbocycles. The lowest BCUT2D eigenvalue weighted by molar-refractivity contribution is -0.141. The molecule has 0 aromatic heterocycles. The SMILES string of the molecule is CC(C)c1ccc(C2C(C(=O)c3ccc(F)cc3)C(=O)C(=O)N2CCN2CCOCC2)cc1. The van der Waals surface area contributed by atoms with E-state index < -0.39 is 35.3 Å². The van der Waals surface area contributed by atoms with Crippen molar-refractivity contribution in [3.63, 3.8) is 0 Å². The Morgan fingerprint density at radius 1 is 1.00 bits per heavy atom. The van der Waals surface area contributed by atoms with Gasteiger partial charge in [0, 0.05) is 31.7 Å². The van der Waals surface area contributed by atoms with Crippen molar-refractivity contribution in [3.05, 3.63) is 71.0 Å². The van der Waals surface area contributed by atoms with Gasteiger partial charge in [-0.2, -0.15) is 0 Å². The zero-order chi connectivity index (χ0) is 23.5. The van der Waals surface area contributed by atoms with Crippen molar-refractivity contribution in [1.29, 1.82) is 0 Å². The number of hydrogen-bond donors (Lipinski definition) is 0. The van der Waals surface area contributed by atoms with Gasteiger partial charge in [-0.15, -0.1) is 0 Å². The lowest BCUT2D eigenvalue weighted by atomic mass is 9.85. The summed E-state index contributed by atoms with van der Waals surface area (Å²) in [5.74, 6) is -3.09. The number of Topliss-reactive ketones (excluding diaryl/α,β-unsaturated/α-hetero) is 2. The van der Waals surface area contributed by atoms with Gasteiger partial charge in [0.15, 0.2) is 5.78 Å². The molecule has 0 N–H and O–H groups in total. The first-order valence-electron chi connectivity index (χ1n) is 11.4. The maximum atomic E-state index is 13.4. The Morgan fingerprint density at radius 3 is 2.24 bits per heavy atom. The monoisotopic (exact) mass is 452 g/mol. The van der Waals surface area contributed by atoms with Crippen molar-refractivity contribution >= 4 is 17.5 Å². The summed E-state index contributed by atoms with van der Waals surface area (Å²) < 4.78 is 18.8. The van der Waals surface area contributed by atoms with Crippen LogP contribution < -0.4 is 0 Å². The summed E-state index contributed by atoms with van der Waals surface area (Å²) in [5, 5.41) is 0. The molecule has 2 saturated heterocycles. The van der Waals surface area contributed by atoms with Crippen LogP contribution in [0.1, 0.15) is 47.3 Å². The minimum atomic E-state index is -1.16. The molecule has 0 bridgehead atoms. The lowest BCUT2D eigenvalue weighted by Gasteiger charge is -2.32. The third kappa shape index (κ3) is 4.89. The standard InChI is InChI=1S/C26H29FN2O4/c1-17(2)18-3-5-19(6-4-18)23-22(24(30)20-7-9-21(27)10-8-20)25(31)26(32)29(23)12-11-28-13-15-33-16-14-28/h3-10,17,22-23H,11-16H2,1-2H3. The van der Waals surface area contributed by atoms with Crippen LogP contribution in [0.4, 0.5) is 4.39 Å². The molecule has 2 atom stereocenters. The first-order valence-corrected chi connectivity index (χ1v) is 11.4. The van der Waals surface area contributed by atoms with Crippen molar-refractivity contribution < 1.29 is 23.5 Å². The number of ketones is 2. The Bertz CT molecular complexity index is 1010. The first-order chi connectivity index (χ1) is 15.9. The summed E-state index contributed by atoms with van der Waals surface area (Å²) in [4.78, 5) is 43.2. The predicted molar refractivity (Wildman–Crippen MR) is 121 cm³/mol. The van der Waals surface area contributed by atoms with Crippen LogP contribution in [-0.4, -0.2) is 66.7 Å². The zero-order valence-corrected chi connectivity index (χ0v) is 19.0. The molecule has 6 nitrogen and oxygen atoms in total. The van der Waals surface area contributed by atoms with E-state index in [0.717, 1.165) is 24.2 Å². The first kappa shape index (κ1) is 23.3. The topological polar surface area (TPSA) is 66.9 Å². The van der Waals surface area contributed by atoms with E-state index in [1.807, 2.05) is 24.3 Å². The van der Waals surface area contributed by atoms with Crippen molar-refractivity contribution in [2.24, 2.45) is 5.92 Å². The molecule has 0 radical (unpaired) electrons. The van der Waals surface area contributed by atoms with Crippen LogP contribution in [-0.2, 0) is 14.3 Å². The van der Waals surface area contributed by atoms with Crippen molar-refractivity contribution in [3.8, 4) is 0 Å². The quantitative estimate of drug-likeness (QED) is 0.367. The largest absolute Gasteiger partial charge is 0.379 e. The summed E-state index contributed by atoms with van der Waals surface area (Å²) >= 11 is 0. The van der Waals surface area contributed by atoms with Crippen LogP contribution in [0.5, 0.6) is 0 Å². The van der Waals surface area contributed by atoms with E-state index >= 15 is 0 Å². The summed E-state index contributed by atoms with van der Waals surface area (Å²) in [7, 11) is 0. The second-order valence-electron chi connectivity index (χ2n) is 8.93. The Morgan fingerprint density at radius 2 is 1.64 bits per heavy atom. The van der Waals surface area contributed by atoms with E-state index in [4.69, 9.17) is 4.74 Å². The van der Waals surface area contributed by atoms with Gasteiger partial charge in [-0.3, -0.25) is 19.3 Å². The van der Waals surface area contributed by atoms with Crippen LogP contribution in [0.3, 0.4) is 0 Å². The second kappa shape index (κ2) is 9.93. The molecule has 0 spiro atoms. The number of halogens is 1. The molecule has 2 aliphatic heterocycles. The number of amides is 1. The summed E-state index contributed by atoms with van der Waals surface area (Å²) in [5.41, 5.74) is 2.11. The molecule has 1 amide bonds. The minimum absolute atomic E-state index is 0.223. The molecule has 7 heteroatoms. The number of ether oxygens (including phenoxy) is 1. The molecule has 2 aromatic rings. The third-order valence-electron chi connectivity index (χ3n) is 6.52. The van der Waals surface area contributed by atoms with Crippen LogP contribution >= 0.6 is 0 Å². The average molecular weight is 453 g/mol. The molecule has 174 valence electrons. The van der Waals surface area contributed by atoms with Crippen molar-refractivity contribution in [2.45, 2.75) is 25.8 Å². The average Bonchev–Trinajstić information content (AvgIpc) is 3.08. The normalized spacial score (nSPS) is 21.8. The van der Waals surface area contributed by atoms with E-state index in [2.05, 4.69) is 18.7 Å². The van der Waals surface area contributed by atoms with Gasteiger partial charge in [-0.25, -0.2) is 4.39 Å². The van der Waals surface area contributed by atoms with Gasteiger partial charge in [0.1, 0.15) is 11.7 Å². The molecule has 2 heterocycles. The van der Waals surface area contributed by atoms with Crippen LogP contribution in [0.25, 0.3) is 0 Å². The molecule has 2 aromatic carbocycles. The van der Waals surface area contributed by atoms with Gasteiger partial charge in [0.2, 0.25) is 5.78 Å². The fourth-order valence-corrected chi connectivity index (χ4v) is 4.55. The van der Waals surface area contributed by atoms with Gasteiger partial charge < -0.3 is 9.64 Å². The number of likely N-dealkylation sites (tertiary alicyclic amines) is 1. The predicted octanol–water partition coefficient (Wildman–Crippen LogP) is 3.23. The van der Waals surface area contributed by atoms with Crippen LogP contribution in [0.2, 0.25) is 0 Å². The molecule has 2 aliphatic rings. The summed E-state index contributed by atoms with van der Waals surface area (Å²) in [6.45, 7) is 7.93. The Hall–Kier alpha value is -2.90. The zero-order valence-electron chi connectivity index (χ0n) is 19.0. The molecule has 2 fully saturated rings. The fraction of sp³-hybridized carbons (Fsp3) is 0.423. The van der Waals surface area contributed by atoms with E-state index in [-0.39, 0.29) is 5.56 Å². The van der Waals surface area contributed by atoms with E-state index in [1.54, 1.807) is 0 Å². The molecular weight excluding hydrogens is 423 g/mol. The molecule has 33 heavy (non-hydrogen) atoms. The highest BCUT2D eigenvalue weighted by Crippen LogP contribution is 2.38. The third-order valence-corrected chi connectivity index (χ3v) is 6.52. The van der Waals surface area contributed by atoms with Crippen molar-refractivity contribution in [1.82, 2.24) is 9.80 Å². The Labute approximate surface area is 193 Å². The number of carbonyl (C=O) groups is 3. The Kier molecular flexibility index (Phi) is 7.00. The molecular formula is C26H29FN2O4. The van der Waals surface area contributed by atoms with Crippen LogP contribution in [0, 0.1) is 11.7 Å². The summed E-state index contributed by atoms with van der Waals surface area (Å²) in [6.07, 6.45) is 0. The van der Waals surface area contributed by atoms with Gasteiger partial charge in [-0.05, 0) is 41.3 Å². The maximum Gasteiger partial charge on any atom is 0.291 e. The molecule has 2 unspecified atom stereocenters. The maximum absolute atomic E-state index is 13.4. The Balaban J connectivity index is 1.66. The van der Waals surface area contributed by atoms with Gasteiger partial charge in [-0.1, -0.05) is 38.1 Å². The second-order valence-corrected chi connectivity index (χ2v) is 8.93. The highest BCUT2D eigenvalue weighted by Gasteiger charge is 2.51. The molecule has 0 aliphatic carbocycles. The number of carbonyl (C=O) groups excluding carboxylic acids is 3. The number of rotatable bonds is 7. The number of morpholine rings is 1. The number of nitrogens with zero attached hydrogens (tertiary/aromatic N) is 2. The number of hydrogen-bond acceptors (Lipinski definition) is 5. The minimum Gasteiger partial charge on any atom is -0.379 e. The van der Waals surface area contributed by atoms with Gasteiger partial charge >= 0.3 is 0 Å². The van der Waals surface area contributed by atoms with Crippen molar-refractivity contribution in [2.75, 3.05) is 39.4 Å². The van der Waals surface area contributed by atoms with E-state index in [0.29, 0.717) is 32.2 Å². The van der Waals surface area contributed by atoms with E-state index in [9.17, 15) is 18.8 Å². The molecule has 4 rings (SSSR count). The summed E-state index contributed by atoms with van der Waals surface area (Å²) in [6, 6.07) is 12.2. The highest BCUT2D eigenvalue weighted by atomic mass is 19.1. The van der Waals surface area contributed by atoms with Gasteiger partial charge in [0.05, 0.1) is 19.3 Å². The van der Waals surface area contributed by atoms with Crippen LogP contribution in [0.15, 0.2) is 48.5 Å². The van der Waals surface area contributed by atoms with E-state index in [1.165, 1.54) is 29.2 Å². The fourth-order valence-electron chi connectivity index (χ4n) is 4.55. The lowest BCUT2D eigenvalue weighted by Crippen LogP contribution is -2.42. The number of benzene rings is 2.